The van der Waals surface area contributed by atoms with E-state index in [0.29, 0.717) is 11.6 Å². The summed E-state index contributed by atoms with van der Waals surface area (Å²) in [5.41, 5.74) is 9.68. The third-order valence-corrected chi connectivity index (χ3v) is 3.98. The molecule has 1 aliphatic heterocycles. The van der Waals surface area contributed by atoms with E-state index in [1.54, 1.807) is 6.07 Å². The Hall–Kier alpha value is -1.58. The lowest BCUT2D eigenvalue weighted by atomic mass is 10.1. The quantitative estimate of drug-likeness (QED) is 0.934. The molecule has 2 N–H and O–H groups in total. The van der Waals surface area contributed by atoms with Gasteiger partial charge in [0.2, 0.25) is 0 Å². The van der Waals surface area contributed by atoms with E-state index in [0.717, 1.165) is 41.9 Å². The van der Waals surface area contributed by atoms with Crippen molar-refractivity contribution in [2.45, 2.75) is 12.8 Å². The van der Waals surface area contributed by atoms with Gasteiger partial charge in [-0.2, -0.15) is 0 Å². The van der Waals surface area contributed by atoms with Crippen molar-refractivity contribution >= 4 is 23.0 Å². The predicted molar refractivity (Wildman–Crippen MR) is 81.3 cm³/mol. The molecule has 104 valence electrons. The van der Waals surface area contributed by atoms with Crippen LogP contribution in [0.25, 0.3) is 0 Å². The smallest absolute Gasteiger partial charge is 0.125 e. The number of hydrogen-bond acceptors (Lipinski definition) is 2. The van der Waals surface area contributed by atoms with Gasteiger partial charge in [-0.05, 0) is 54.8 Å². The molecule has 2 aromatic rings. The van der Waals surface area contributed by atoms with Gasteiger partial charge in [0, 0.05) is 12.2 Å². The molecule has 2 nitrogen and oxygen atoms in total. The highest BCUT2D eigenvalue weighted by atomic mass is 35.5. The van der Waals surface area contributed by atoms with Crippen molar-refractivity contribution in [2.24, 2.45) is 5.73 Å². The highest BCUT2D eigenvalue weighted by Gasteiger charge is 2.22. The van der Waals surface area contributed by atoms with Crippen LogP contribution in [0, 0.1) is 5.82 Å². The molecule has 2 aromatic carbocycles. The molecule has 0 atom stereocenters. The number of nitrogens with zero attached hydrogens (tertiary/aromatic N) is 1. The first-order valence-electron chi connectivity index (χ1n) is 6.73. The van der Waals surface area contributed by atoms with E-state index in [-0.39, 0.29) is 5.82 Å². The summed E-state index contributed by atoms with van der Waals surface area (Å²) in [6, 6.07) is 10.9. The molecule has 1 heterocycles. The lowest BCUT2D eigenvalue weighted by molar-refractivity contribution is 0.628. The fourth-order valence-electron chi connectivity index (χ4n) is 2.69. The minimum atomic E-state index is -0.216. The van der Waals surface area contributed by atoms with Crippen LogP contribution in [-0.4, -0.2) is 13.1 Å². The zero-order valence-corrected chi connectivity index (χ0v) is 11.8. The van der Waals surface area contributed by atoms with Crippen molar-refractivity contribution in [3.8, 4) is 0 Å². The van der Waals surface area contributed by atoms with Crippen LogP contribution in [0.5, 0.6) is 0 Å². The van der Waals surface area contributed by atoms with Crippen LogP contribution in [0.15, 0.2) is 36.4 Å². The summed E-state index contributed by atoms with van der Waals surface area (Å²) in [6.45, 7) is 1.43. The standard InChI is InChI=1S/C16H16ClFN2/c17-14-9-11(5-7-19)1-4-15(14)20-8-6-12-2-3-13(18)10-16(12)20/h1-4,9-10H,5-8,19H2. The number of nitrogens with two attached hydrogens (primary N) is 1. The van der Waals surface area contributed by atoms with Gasteiger partial charge < -0.3 is 10.6 Å². The van der Waals surface area contributed by atoms with E-state index in [4.69, 9.17) is 17.3 Å². The average Bonchev–Trinajstić information content (AvgIpc) is 2.82. The van der Waals surface area contributed by atoms with Gasteiger partial charge in [-0.3, -0.25) is 0 Å². The largest absolute Gasteiger partial charge is 0.340 e. The number of anilines is 2. The van der Waals surface area contributed by atoms with Gasteiger partial charge in [-0.15, -0.1) is 0 Å². The molecule has 0 radical (unpaired) electrons. The Morgan fingerprint density at radius 2 is 2.00 bits per heavy atom. The van der Waals surface area contributed by atoms with E-state index < -0.39 is 0 Å². The van der Waals surface area contributed by atoms with E-state index in [2.05, 4.69) is 4.90 Å². The maximum atomic E-state index is 13.4. The molecule has 0 aromatic heterocycles. The molecule has 0 saturated heterocycles. The number of fused-ring (bicyclic) bond motifs is 1. The third kappa shape index (κ3) is 2.39. The van der Waals surface area contributed by atoms with Crippen molar-refractivity contribution < 1.29 is 4.39 Å². The highest BCUT2D eigenvalue weighted by molar-refractivity contribution is 6.33. The normalized spacial score (nSPS) is 13.7. The Balaban J connectivity index is 1.98. The van der Waals surface area contributed by atoms with Crippen molar-refractivity contribution in [1.29, 1.82) is 0 Å². The van der Waals surface area contributed by atoms with Crippen LogP contribution in [0.2, 0.25) is 5.02 Å². The second-order valence-corrected chi connectivity index (χ2v) is 5.41. The fourth-order valence-corrected chi connectivity index (χ4v) is 3.00. The Bertz CT molecular complexity index is 642. The predicted octanol–water partition coefficient (Wildman–Crippen LogP) is 3.67. The van der Waals surface area contributed by atoms with Crippen LogP contribution >= 0.6 is 11.6 Å². The SMILES string of the molecule is NCCc1ccc(N2CCc3ccc(F)cc32)c(Cl)c1. The van der Waals surface area contributed by atoms with Crippen molar-refractivity contribution in [1.82, 2.24) is 0 Å². The fraction of sp³-hybridized carbons (Fsp3) is 0.250. The maximum Gasteiger partial charge on any atom is 0.125 e. The van der Waals surface area contributed by atoms with E-state index in [1.165, 1.54) is 6.07 Å². The van der Waals surface area contributed by atoms with Gasteiger partial charge in [0.05, 0.1) is 10.7 Å². The Morgan fingerprint density at radius 1 is 1.15 bits per heavy atom. The molecule has 0 spiro atoms. The summed E-state index contributed by atoms with van der Waals surface area (Å²) in [7, 11) is 0. The molecule has 0 aliphatic carbocycles. The Labute approximate surface area is 123 Å². The number of hydrogen-bond donors (Lipinski definition) is 1. The zero-order chi connectivity index (χ0) is 14.1. The van der Waals surface area contributed by atoms with E-state index in [9.17, 15) is 4.39 Å². The van der Waals surface area contributed by atoms with Crippen LogP contribution in [0.3, 0.4) is 0 Å². The highest BCUT2D eigenvalue weighted by Crippen LogP contribution is 2.38. The minimum Gasteiger partial charge on any atom is -0.340 e. The van der Waals surface area contributed by atoms with Crippen LogP contribution in [-0.2, 0) is 12.8 Å². The number of halogens is 2. The second kappa shape index (κ2) is 5.43. The first-order chi connectivity index (χ1) is 9.69. The molecule has 0 amide bonds. The summed E-state index contributed by atoms with van der Waals surface area (Å²) >= 11 is 6.38. The van der Waals surface area contributed by atoms with Gasteiger partial charge in [0.25, 0.3) is 0 Å². The Morgan fingerprint density at radius 3 is 2.75 bits per heavy atom. The van der Waals surface area contributed by atoms with Crippen LogP contribution in [0.1, 0.15) is 11.1 Å². The van der Waals surface area contributed by atoms with Crippen molar-refractivity contribution in [3.63, 3.8) is 0 Å². The molecule has 4 heteroatoms. The topological polar surface area (TPSA) is 29.3 Å². The van der Waals surface area contributed by atoms with Crippen LogP contribution in [0.4, 0.5) is 15.8 Å². The molecule has 0 saturated carbocycles. The summed E-state index contributed by atoms with van der Waals surface area (Å²) in [6.07, 6.45) is 1.72. The number of rotatable bonds is 3. The van der Waals surface area contributed by atoms with Gasteiger partial charge in [-0.25, -0.2) is 4.39 Å². The molecule has 1 aliphatic rings. The monoisotopic (exact) mass is 290 g/mol. The second-order valence-electron chi connectivity index (χ2n) is 5.00. The first-order valence-corrected chi connectivity index (χ1v) is 7.11. The Kier molecular flexibility index (Phi) is 3.64. The molecule has 0 bridgehead atoms. The molecule has 0 unspecified atom stereocenters. The minimum absolute atomic E-state index is 0.216. The van der Waals surface area contributed by atoms with Crippen molar-refractivity contribution in [2.75, 3.05) is 18.0 Å². The molecule has 0 fully saturated rings. The van der Waals surface area contributed by atoms with Crippen molar-refractivity contribution in [3.05, 3.63) is 58.4 Å². The average molecular weight is 291 g/mol. The lowest BCUT2D eigenvalue weighted by Gasteiger charge is -2.21. The van der Waals surface area contributed by atoms with Gasteiger partial charge in [0.1, 0.15) is 5.82 Å². The van der Waals surface area contributed by atoms with Gasteiger partial charge in [0.15, 0.2) is 0 Å². The maximum absolute atomic E-state index is 13.4. The molecule has 3 rings (SSSR count). The van der Waals surface area contributed by atoms with E-state index in [1.807, 2.05) is 24.3 Å². The summed E-state index contributed by atoms with van der Waals surface area (Å²) in [5, 5.41) is 0.688. The van der Waals surface area contributed by atoms with Crippen LogP contribution < -0.4 is 10.6 Å². The van der Waals surface area contributed by atoms with Gasteiger partial charge >= 0.3 is 0 Å². The summed E-state index contributed by atoms with van der Waals surface area (Å²) < 4.78 is 13.4. The third-order valence-electron chi connectivity index (χ3n) is 3.68. The molecular formula is C16H16ClFN2. The van der Waals surface area contributed by atoms with Gasteiger partial charge in [-0.1, -0.05) is 23.7 Å². The summed E-state index contributed by atoms with van der Waals surface area (Å²) in [5.74, 6) is -0.216. The molecular weight excluding hydrogens is 275 g/mol. The summed E-state index contributed by atoms with van der Waals surface area (Å²) in [4.78, 5) is 2.08. The lowest BCUT2D eigenvalue weighted by Crippen LogP contribution is -2.14. The number of benzene rings is 2. The van der Waals surface area contributed by atoms with E-state index >= 15 is 0 Å². The zero-order valence-electron chi connectivity index (χ0n) is 11.1. The first kappa shape index (κ1) is 13.4. The molecule has 20 heavy (non-hydrogen) atoms.